The molecule has 20 heavy (non-hydrogen) atoms. The van der Waals surface area contributed by atoms with E-state index in [-0.39, 0.29) is 6.03 Å². The van der Waals surface area contributed by atoms with Gasteiger partial charge in [0.15, 0.2) is 0 Å². The van der Waals surface area contributed by atoms with Crippen LogP contribution in [0.25, 0.3) is 0 Å². The number of urea groups is 1. The highest BCUT2D eigenvalue weighted by molar-refractivity contribution is 5.74. The normalized spacial score (nSPS) is 15.5. The van der Waals surface area contributed by atoms with Crippen LogP contribution in [0, 0.1) is 11.8 Å². The van der Waals surface area contributed by atoms with Gasteiger partial charge in [-0.2, -0.15) is 0 Å². The van der Waals surface area contributed by atoms with Gasteiger partial charge in [-0.15, -0.1) is 0 Å². The van der Waals surface area contributed by atoms with E-state index in [0.29, 0.717) is 6.54 Å². The van der Waals surface area contributed by atoms with Gasteiger partial charge in [0.1, 0.15) is 0 Å². The van der Waals surface area contributed by atoms with Crippen LogP contribution in [0.15, 0.2) is 30.3 Å². The Kier molecular flexibility index (Phi) is 5.98. The van der Waals surface area contributed by atoms with E-state index in [1.165, 1.54) is 19.3 Å². The molecule has 1 fully saturated rings. The minimum Gasteiger partial charge on any atom is -0.327 e. The zero-order valence-corrected chi connectivity index (χ0v) is 11.9. The van der Waals surface area contributed by atoms with Crippen LogP contribution < -0.4 is 5.32 Å². The van der Waals surface area contributed by atoms with Crippen molar-refractivity contribution in [3.63, 3.8) is 0 Å². The third-order valence-corrected chi connectivity index (χ3v) is 3.48. The Hall–Kier alpha value is -1.95. The molecule has 1 aliphatic heterocycles. The lowest BCUT2D eigenvalue weighted by atomic mass is 10.1. The van der Waals surface area contributed by atoms with E-state index in [1.807, 2.05) is 35.2 Å². The third kappa shape index (κ3) is 4.97. The highest BCUT2D eigenvalue weighted by Crippen LogP contribution is 2.10. The highest BCUT2D eigenvalue weighted by Gasteiger charge is 2.13. The van der Waals surface area contributed by atoms with Gasteiger partial charge in [0.05, 0.1) is 6.54 Å². The summed E-state index contributed by atoms with van der Waals surface area (Å²) in [6.45, 7) is 2.15. The summed E-state index contributed by atoms with van der Waals surface area (Å²) in [6.07, 6.45) is 6.00. The van der Waals surface area contributed by atoms with Crippen molar-refractivity contribution in [2.45, 2.75) is 32.1 Å². The molecule has 3 heteroatoms. The van der Waals surface area contributed by atoms with E-state index < -0.39 is 0 Å². The van der Waals surface area contributed by atoms with Crippen LogP contribution in [-0.2, 0) is 0 Å². The van der Waals surface area contributed by atoms with Gasteiger partial charge < -0.3 is 10.2 Å². The summed E-state index contributed by atoms with van der Waals surface area (Å²) in [5.41, 5.74) is 0.980. The molecule has 0 atom stereocenters. The molecule has 0 radical (unpaired) electrons. The van der Waals surface area contributed by atoms with Gasteiger partial charge in [-0.05, 0) is 25.0 Å². The zero-order valence-electron chi connectivity index (χ0n) is 11.9. The summed E-state index contributed by atoms with van der Waals surface area (Å²) in [6, 6.07) is 9.84. The van der Waals surface area contributed by atoms with E-state index in [2.05, 4.69) is 17.2 Å². The maximum atomic E-state index is 12.0. The highest BCUT2D eigenvalue weighted by atomic mass is 16.2. The Morgan fingerprint density at radius 1 is 1.05 bits per heavy atom. The second-order valence-corrected chi connectivity index (χ2v) is 5.08. The molecular formula is C17H22N2O. The van der Waals surface area contributed by atoms with E-state index in [9.17, 15) is 4.79 Å². The smallest absolute Gasteiger partial charge is 0.318 e. The molecule has 0 aliphatic carbocycles. The second kappa shape index (κ2) is 8.27. The van der Waals surface area contributed by atoms with Crippen LogP contribution in [0.5, 0.6) is 0 Å². The Morgan fingerprint density at radius 3 is 2.40 bits per heavy atom. The number of likely N-dealkylation sites (tertiary alicyclic amines) is 1. The molecule has 1 N–H and O–H groups in total. The molecule has 0 bridgehead atoms. The first-order valence-corrected chi connectivity index (χ1v) is 7.43. The maximum Gasteiger partial charge on any atom is 0.318 e. The number of hydrogen-bond acceptors (Lipinski definition) is 1. The maximum absolute atomic E-state index is 12.0. The fourth-order valence-electron chi connectivity index (χ4n) is 2.35. The van der Waals surface area contributed by atoms with Gasteiger partial charge >= 0.3 is 6.03 Å². The average Bonchev–Trinajstić information content (AvgIpc) is 2.44. The van der Waals surface area contributed by atoms with Gasteiger partial charge in [-0.25, -0.2) is 4.79 Å². The number of rotatable bonds is 1. The third-order valence-electron chi connectivity index (χ3n) is 3.48. The average molecular weight is 270 g/mol. The molecule has 0 saturated carbocycles. The first kappa shape index (κ1) is 14.5. The first-order valence-electron chi connectivity index (χ1n) is 7.43. The van der Waals surface area contributed by atoms with Gasteiger partial charge in [0, 0.05) is 18.7 Å². The fraction of sp³-hybridized carbons (Fsp3) is 0.471. The van der Waals surface area contributed by atoms with E-state index >= 15 is 0 Å². The second-order valence-electron chi connectivity index (χ2n) is 5.08. The number of amides is 2. The van der Waals surface area contributed by atoms with Crippen molar-refractivity contribution in [2.75, 3.05) is 19.6 Å². The van der Waals surface area contributed by atoms with Crippen LogP contribution in [0.4, 0.5) is 4.79 Å². The SMILES string of the molecule is O=C(NCC#Cc1ccccc1)N1CCCCCCC1. The van der Waals surface area contributed by atoms with Crippen LogP contribution >= 0.6 is 0 Å². The summed E-state index contributed by atoms with van der Waals surface area (Å²) in [4.78, 5) is 13.9. The molecule has 0 spiro atoms. The molecule has 1 aromatic carbocycles. The van der Waals surface area contributed by atoms with Crippen molar-refractivity contribution in [2.24, 2.45) is 0 Å². The van der Waals surface area contributed by atoms with E-state index in [4.69, 9.17) is 0 Å². The Bertz CT molecular complexity index is 465. The summed E-state index contributed by atoms with van der Waals surface area (Å²) in [5.74, 6) is 6.03. The summed E-state index contributed by atoms with van der Waals surface area (Å²) >= 11 is 0. The topological polar surface area (TPSA) is 32.3 Å². The fourth-order valence-corrected chi connectivity index (χ4v) is 2.35. The van der Waals surface area contributed by atoms with Crippen LogP contribution in [0.3, 0.4) is 0 Å². The van der Waals surface area contributed by atoms with Gasteiger partial charge in [0.2, 0.25) is 0 Å². The van der Waals surface area contributed by atoms with Crippen LogP contribution in [0.2, 0.25) is 0 Å². The van der Waals surface area contributed by atoms with Crippen LogP contribution in [0.1, 0.15) is 37.7 Å². The molecule has 3 nitrogen and oxygen atoms in total. The molecule has 0 aromatic heterocycles. The van der Waals surface area contributed by atoms with Crippen molar-refractivity contribution in [3.05, 3.63) is 35.9 Å². The van der Waals surface area contributed by atoms with Crippen molar-refractivity contribution in [1.29, 1.82) is 0 Å². The monoisotopic (exact) mass is 270 g/mol. The Morgan fingerprint density at radius 2 is 1.70 bits per heavy atom. The quantitative estimate of drug-likeness (QED) is 0.782. The number of hydrogen-bond donors (Lipinski definition) is 1. The summed E-state index contributed by atoms with van der Waals surface area (Å²) < 4.78 is 0. The van der Waals surface area contributed by atoms with Crippen LogP contribution in [-0.4, -0.2) is 30.6 Å². The number of carbonyl (C=O) groups excluding carboxylic acids is 1. The molecule has 1 aliphatic rings. The standard InChI is InChI=1S/C17H22N2O/c20-17(19-14-7-2-1-3-8-15-19)18-13-9-12-16-10-5-4-6-11-16/h4-6,10-11H,1-3,7-8,13-15H2,(H,18,20). The Balaban J connectivity index is 1.75. The molecule has 1 saturated heterocycles. The lowest BCUT2D eigenvalue weighted by Gasteiger charge is -2.24. The molecule has 1 heterocycles. The van der Waals surface area contributed by atoms with Crippen molar-refractivity contribution < 1.29 is 4.79 Å². The number of nitrogens with zero attached hydrogens (tertiary/aromatic N) is 1. The largest absolute Gasteiger partial charge is 0.327 e. The number of carbonyl (C=O) groups is 1. The number of benzene rings is 1. The van der Waals surface area contributed by atoms with Gasteiger partial charge in [-0.1, -0.05) is 49.3 Å². The van der Waals surface area contributed by atoms with Crippen molar-refractivity contribution >= 4 is 6.03 Å². The summed E-state index contributed by atoms with van der Waals surface area (Å²) in [7, 11) is 0. The molecule has 106 valence electrons. The van der Waals surface area contributed by atoms with Crippen molar-refractivity contribution in [3.8, 4) is 11.8 Å². The lowest BCUT2D eigenvalue weighted by Crippen LogP contribution is -2.41. The molecular weight excluding hydrogens is 248 g/mol. The molecule has 0 unspecified atom stereocenters. The minimum atomic E-state index is 0.0225. The predicted molar refractivity (Wildman–Crippen MR) is 81.4 cm³/mol. The molecule has 2 amide bonds. The molecule has 2 rings (SSSR count). The zero-order chi connectivity index (χ0) is 14.0. The van der Waals surface area contributed by atoms with Gasteiger partial charge in [-0.3, -0.25) is 0 Å². The van der Waals surface area contributed by atoms with E-state index in [0.717, 1.165) is 31.5 Å². The lowest BCUT2D eigenvalue weighted by molar-refractivity contribution is 0.193. The molecule has 1 aromatic rings. The first-order chi connectivity index (χ1) is 9.86. The number of nitrogens with one attached hydrogen (secondary N) is 1. The summed E-state index contributed by atoms with van der Waals surface area (Å²) in [5, 5.41) is 2.88. The Labute approximate surface area is 121 Å². The van der Waals surface area contributed by atoms with Gasteiger partial charge in [0.25, 0.3) is 0 Å². The predicted octanol–water partition coefficient (Wildman–Crippen LogP) is 3.01. The van der Waals surface area contributed by atoms with Crippen molar-refractivity contribution in [1.82, 2.24) is 10.2 Å². The van der Waals surface area contributed by atoms with E-state index in [1.54, 1.807) is 0 Å². The minimum absolute atomic E-state index is 0.0225.